The van der Waals surface area contributed by atoms with Gasteiger partial charge in [-0.3, -0.25) is 4.79 Å². The predicted octanol–water partition coefficient (Wildman–Crippen LogP) is 3.75. The molecule has 2 aromatic rings. The van der Waals surface area contributed by atoms with Crippen LogP contribution in [0.5, 0.6) is 11.5 Å². The molecule has 2 aromatic carbocycles. The van der Waals surface area contributed by atoms with Gasteiger partial charge in [0.25, 0.3) is 5.91 Å². The Morgan fingerprint density at radius 1 is 1.00 bits per heavy atom. The molecule has 0 radical (unpaired) electrons. The van der Waals surface area contributed by atoms with E-state index in [1.54, 1.807) is 6.07 Å². The molecule has 6 nitrogen and oxygen atoms in total. The van der Waals surface area contributed by atoms with Crippen molar-refractivity contribution in [1.29, 1.82) is 0 Å². The molecule has 1 saturated heterocycles. The summed E-state index contributed by atoms with van der Waals surface area (Å²) in [7, 11) is 0. The monoisotopic (exact) mass is 393 g/mol. The van der Waals surface area contributed by atoms with Gasteiger partial charge in [0.2, 0.25) is 6.10 Å². The molecule has 2 aliphatic heterocycles. The standard InChI is InChI=1S/C23H27N3O3/c1-17(18-10-12-19(13-11-18)26-14-6-2-3-7-15-26)24-25-23(27)22-16-28-20-8-4-5-9-21(20)29-22/h4-5,8-13,22H,2-3,6-7,14-16H2,1H3,(H,25,27)/b24-17-/t22-/m0/s1. The summed E-state index contributed by atoms with van der Waals surface area (Å²) in [6.07, 6.45) is 4.44. The molecular formula is C23H27N3O3. The fourth-order valence-electron chi connectivity index (χ4n) is 3.67. The zero-order chi connectivity index (χ0) is 20.1. The molecular weight excluding hydrogens is 366 g/mol. The van der Waals surface area contributed by atoms with Crippen LogP contribution in [0, 0.1) is 0 Å². The minimum atomic E-state index is -0.716. The van der Waals surface area contributed by atoms with Crippen LogP contribution in [0.1, 0.15) is 38.2 Å². The van der Waals surface area contributed by atoms with E-state index in [1.807, 2.05) is 25.1 Å². The smallest absolute Gasteiger partial charge is 0.284 e. The lowest BCUT2D eigenvalue weighted by atomic mass is 10.1. The van der Waals surface area contributed by atoms with Crippen LogP contribution < -0.4 is 19.8 Å². The van der Waals surface area contributed by atoms with E-state index in [0.29, 0.717) is 11.5 Å². The highest BCUT2D eigenvalue weighted by molar-refractivity contribution is 5.99. The molecule has 0 spiro atoms. The van der Waals surface area contributed by atoms with Crippen molar-refractivity contribution in [2.75, 3.05) is 24.6 Å². The summed E-state index contributed by atoms with van der Waals surface area (Å²) < 4.78 is 11.3. The third-order valence-electron chi connectivity index (χ3n) is 5.39. The molecule has 0 saturated carbocycles. The van der Waals surface area contributed by atoms with Crippen LogP contribution >= 0.6 is 0 Å². The van der Waals surface area contributed by atoms with Crippen LogP contribution in [0.2, 0.25) is 0 Å². The topological polar surface area (TPSA) is 63.2 Å². The van der Waals surface area contributed by atoms with Gasteiger partial charge in [0.05, 0.1) is 5.71 Å². The van der Waals surface area contributed by atoms with Gasteiger partial charge >= 0.3 is 0 Å². The molecule has 152 valence electrons. The normalized spacial score (nSPS) is 19.4. The molecule has 2 aliphatic rings. The first-order chi connectivity index (χ1) is 14.2. The van der Waals surface area contributed by atoms with E-state index in [9.17, 15) is 4.79 Å². The van der Waals surface area contributed by atoms with Crippen molar-refractivity contribution in [3.8, 4) is 11.5 Å². The number of para-hydroxylation sites is 2. The third kappa shape index (κ3) is 4.70. The van der Waals surface area contributed by atoms with E-state index in [-0.39, 0.29) is 12.5 Å². The van der Waals surface area contributed by atoms with Crippen molar-refractivity contribution in [2.24, 2.45) is 5.10 Å². The highest BCUT2D eigenvalue weighted by atomic mass is 16.6. The quantitative estimate of drug-likeness (QED) is 0.635. The zero-order valence-corrected chi connectivity index (χ0v) is 16.8. The largest absolute Gasteiger partial charge is 0.485 e. The number of hydrogen-bond donors (Lipinski definition) is 1. The summed E-state index contributed by atoms with van der Waals surface area (Å²) in [6.45, 7) is 4.29. The van der Waals surface area contributed by atoms with Gasteiger partial charge in [0.15, 0.2) is 11.5 Å². The van der Waals surface area contributed by atoms with Gasteiger partial charge in [-0.1, -0.05) is 37.1 Å². The van der Waals surface area contributed by atoms with Crippen molar-refractivity contribution in [1.82, 2.24) is 5.43 Å². The first-order valence-corrected chi connectivity index (χ1v) is 10.3. The van der Waals surface area contributed by atoms with E-state index in [4.69, 9.17) is 9.47 Å². The second-order valence-electron chi connectivity index (χ2n) is 7.49. The van der Waals surface area contributed by atoms with Gasteiger partial charge in [-0.05, 0) is 49.6 Å². The summed E-state index contributed by atoms with van der Waals surface area (Å²) in [5.74, 6) is 0.907. The van der Waals surface area contributed by atoms with Crippen molar-refractivity contribution < 1.29 is 14.3 Å². The van der Waals surface area contributed by atoms with Crippen LogP contribution in [0.15, 0.2) is 53.6 Å². The maximum Gasteiger partial charge on any atom is 0.284 e. The molecule has 4 rings (SSSR count). The van der Waals surface area contributed by atoms with E-state index in [1.165, 1.54) is 31.4 Å². The Morgan fingerprint density at radius 3 is 2.41 bits per heavy atom. The number of ether oxygens (including phenoxy) is 2. The Morgan fingerprint density at radius 2 is 1.69 bits per heavy atom. The zero-order valence-electron chi connectivity index (χ0n) is 16.8. The summed E-state index contributed by atoms with van der Waals surface area (Å²) >= 11 is 0. The number of anilines is 1. The Labute approximate surface area is 171 Å². The Balaban J connectivity index is 1.35. The van der Waals surface area contributed by atoms with E-state index in [0.717, 1.165) is 24.4 Å². The van der Waals surface area contributed by atoms with Gasteiger partial charge in [0.1, 0.15) is 6.61 Å². The molecule has 29 heavy (non-hydrogen) atoms. The van der Waals surface area contributed by atoms with Crippen molar-refractivity contribution in [3.05, 3.63) is 54.1 Å². The Kier molecular flexibility index (Phi) is 5.98. The minimum absolute atomic E-state index is 0.169. The van der Waals surface area contributed by atoms with Gasteiger partial charge in [-0.25, -0.2) is 5.43 Å². The lowest BCUT2D eigenvalue weighted by Crippen LogP contribution is -2.42. The third-order valence-corrected chi connectivity index (χ3v) is 5.39. The number of rotatable bonds is 4. The highest BCUT2D eigenvalue weighted by Crippen LogP contribution is 2.30. The number of fused-ring (bicyclic) bond motifs is 1. The molecule has 1 amide bonds. The summed E-state index contributed by atoms with van der Waals surface area (Å²) in [6, 6.07) is 15.7. The number of hydrazone groups is 1. The molecule has 0 aliphatic carbocycles. The molecule has 0 bridgehead atoms. The molecule has 0 aromatic heterocycles. The second-order valence-corrected chi connectivity index (χ2v) is 7.49. The van der Waals surface area contributed by atoms with Crippen LogP contribution in [0.25, 0.3) is 0 Å². The number of carbonyl (C=O) groups excluding carboxylic acids is 1. The molecule has 1 fully saturated rings. The first kappa shape index (κ1) is 19.3. The first-order valence-electron chi connectivity index (χ1n) is 10.3. The van der Waals surface area contributed by atoms with E-state index >= 15 is 0 Å². The van der Waals surface area contributed by atoms with E-state index in [2.05, 4.69) is 39.7 Å². The number of carbonyl (C=O) groups is 1. The van der Waals surface area contributed by atoms with Gasteiger partial charge in [-0.15, -0.1) is 0 Å². The number of benzene rings is 2. The maximum atomic E-state index is 12.4. The average molecular weight is 393 g/mol. The average Bonchev–Trinajstić information content (AvgIpc) is 3.06. The Bertz CT molecular complexity index is 871. The fourth-order valence-corrected chi connectivity index (χ4v) is 3.67. The van der Waals surface area contributed by atoms with Crippen LogP contribution in [-0.2, 0) is 4.79 Å². The summed E-state index contributed by atoms with van der Waals surface area (Å²) in [4.78, 5) is 14.9. The number of nitrogens with zero attached hydrogens (tertiary/aromatic N) is 2. The molecule has 1 atom stereocenters. The summed E-state index contributed by atoms with van der Waals surface area (Å²) in [5.41, 5.74) is 5.58. The highest BCUT2D eigenvalue weighted by Gasteiger charge is 2.27. The SMILES string of the molecule is C/C(=N/NC(=O)[C@@H]1COc2ccccc2O1)c1ccc(N2CCCCCC2)cc1. The summed E-state index contributed by atoms with van der Waals surface area (Å²) in [5, 5.41) is 4.25. The molecule has 2 heterocycles. The van der Waals surface area contributed by atoms with Crippen molar-refractivity contribution in [3.63, 3.8) is 0 Å². The molecule has 6 heteroatoms. The lowest BCUT2D eigenvalue weighted by molar-refractivity contribution is -0.130. The number of amides is 1. The number of nitrogens with one attached hydrogen (secondary N) is 1. The van der Waals surface area contributed by atoms with Crippen molar-refractivity contribution in [2.45, 2.75) is 38.7 Å². The fraction of sp³-hybridized carbons (Fsp3) is 0.391. The van der Waals surface area contributed by atoms with E-state index < -0.39 is 6.10 Å². The lowest BCUT2D eigenvalue weighted by Gasteiger charge is -2.24. The van der Waals surface area contributed by atoms with Crippen molar-refractivity contribution >= 4 is 17.3 Å². The number of hydrogen-bond acceptors (Lipinski definition) is 5. The van der Waals surface area contributed by atoms with Crippen LogP contribution in [0.3, 0.4) is 0 Å². The molecule has 0 unspecified atom stereocenters. The maximum absolute atomic E-state index is 12.4. The van der Waals surface area contributed by atoms with Crippen LogP contribution in [-0.4, -0.2) is 37.4 Å². The predicted molar refractivity (Wildman–Crippen MR) is 114 cm³/mol. The molecule has 1 N–H and O–H groups in total. The second kappa shape index (κ2) is 8.99. The van der Waals surface area contributed by atoms with Crippen LogP contribution in [0.4, 0.5) is 5.69 Å². The Hall–Kier alpha value is -3.02. The van der Waals surface area contributed by atoms with Gasteiger partial charge in [-0.2, -0.15) is 5.10 Å². The minimum Gasteiger partial charge on any atom is -0.485 e. The van der Waals surface area contributed by atoms with Gasteiger partial charge < -0.3 is 14.4 Å². The van der Waals surface area contributed by atoms with Gasteiger partial charge in [0, 0.05) is 18.8 Å².